The zero-order valence-electron chi connectivity index (χ0n) is 16.6. The van der Waals surface area contributed by atoms with E-state index in [2.05, 4.69) is 21.7 Å². The van der Waals surface area contributed by atoms with Crippen LogP contribution in [0.25, 0.3) is 11.4 Å². The predicted octanol–water partition coefficient (Wildman–Crippen LogP) is 3.38. The summed E-state index contributed by atoms with van der Waals surface area (Å²) < 4.78 is 13.4. The molecule has 2 aliphatic rings. The summed E-state index contributed by atoms with van der Waals surface area (Å²) in [6, 6.07) is 1.92. The quantitative estimate of drug-likeness (QED) is 0.687. The van der Waals surface area contributed by atoms with Gasteiger partial charge in [-0.3, -0.25) is 9.36 Å². The number of likely N-dealkylation sites (tertiary alicyclic amines) is 1. The standard InChI is InChI=1S/C20H28N4O3S/c1-14-5-3-8-23(11-14)18(25)13-28-20-22-21-19(17-7-10-26-15(17)2)24(20)12-16-6-4-9-27-16/h7,10,14,16H,3-6,8-9,11-13H2,1-2H3/t14-,16-/m0/s1. The van der Waals surface area contributed by atoms with Gasteiger partial charge < -0.3 is 14.1 Å². The van der Waals surface area contributed by atoms with Crippen LogP contribution in [0.3, 0.4) is 0 Å². The van der Waals surface area contributed by atoms with Gasteiger partial charge >= 0.3 is 0 Å². The number of rotatable bonds is 6. The third-order valence-corrected chi connectivity index (χ3v) is 6.51. The number of nitrogens with zero attached hydrogens (tertiary/aromatic N) is 4. The number of carbonyl (C=O) groups excluding carboxylic acids is 1. The van der Waals surface area contributed by atoms with Gasteiger partial charge in [0.05, 0.1) is 30.2 Å². The normalized spacial score (nSPS) is 22.7. The molecule has 28 heavy (non-hydrogen) atoms. The molecule has 7 nitrogen and oxygen atoms in total. The van der Waals surface area contributed by atoms with Gasteiger partial charge in [0.25, 0.3) is 0 Å². The number of aryl methyl sites for hydroxylation is 1. The lowest BCUT2D eigenvalue weighted by atomic mass is 10.0. The third kappa shape index (κ3) is 4.27. The molecule has 2 atom stereocenters. The average Bonchev–Trinajstić information content (AvgIpc) is 3.42. The fourth-order valence-corrected chi connectivity index (χ4v) is 4.85. The minimum absolute atomic E-state index is 0.167. The van der Waals surface area contributed by atoms with Gasteiger partial charge in [-0.2, -0.15) is 0 Å². The largest absolute Gasteiger partial charge is 0.469 e. The van der Waals surface area contributed by atoms with Crippen LogP contribution in [0, 0.1) is 12.8 Å². The number of hydrogen-bond acceptors (Lipinski definition) is 6. The Kier molecular flexibility index (Phi) is 6.06. The number of aromatic nitrogens is 3. The van der Waals surface area contributed by atoms with Gasteiger partial charge in [-0.25, -0.2) is 0 Å². The number of carbonyl (C=O) groups is 1. The Hall–Kier alpha value is -1.80. The molecule has 0 N–H and O–H groups in total. The van der Waals surface area contributed by atoms with Gasteiger partial charge in [0.15, 0.2) is 11.0 Å². The Morgan fingerprint density at radius 3 is 2.93 bits per heavy atom. The van der Waals surface area contributed by atoms with Crippen molar-refractivity contribution in [3.63, 3.8) is 0 Å². The molecule has 0 unspecified atom stereocenters. The van der Waals surface area contributed by atoms with Crippen LogP contribution in [0.5, 0.6) is 0 Å². The van der Waals surface area contributed by atoms with Crippen LogP contribution in [0.2, 0.25) is 0 Å². The second-order valence-corrected chi connectivity index (χ2v) is 8.76. The summed E-state index contributed by atoms with van der Waals surface area (Å²) >= 11 is 1.47. The van der Waals surface area contributed by atoms with Crippen LogP contribution in [0.15, 0.2) is 21.9 Å². The predicted molar refractivity (Wildman–Crippen MR) is 107 cm³/mol. The van der Waals surface area contributed by atoms with Gasteiger partial charge in [-0.15, -0.1) is 10.2 Å². The van der Waals surface area contributed by atoms with Crippen molar-refractivity contribution in [1.29, 1.82) is 0 Å². The van der Waals surface area contributed by atoms with Gasteiger partial charge in [-0.1, -0.05) is 18.7 Å². The van der Waals surface area contributed by atoms with E-state index in [1.165, 1.54) is 18.2 Å². The van der Waals surface area contributed by atoms with E-state index in [1.54, 1.807) is 6.26 Å². The molecule has 1 amide bonds. The number of hydrogen-bond donors (Lipinski definition) is 0. The maximum atomic E-state index is 12.7. The Morgan fingerprint density at radius 1 is 1.32 bits per heavy atom. The van der Waals surface area contributed by atoms with Crippen molar-refractivity contribution in [2.45, 2.75) is 57.3 Å². The van der Waals surface area contributed by atoms with Crippen molar-refractivity contribution in [3.8, 4) is 11.4 Å². The highest BCUT2D eigenvalue weighted by Gasteiger charge is 2.25. The lowest BCUT2D eigenvalue weighted by Crippen LogP contribution is -2.40. The highest BCUT2D eigenvalue weighted by molar-refractivity contribution is 7.99. The summed E-state index contributed by atoms with van der Waals surface area (Å²) in [5.41, 5.74) is 0.938. The molecule has 2 aromatic rings. The lowest BCUT2D eigenvalue weighted by Gasteiger charge is -2.30. The SMILES string of the molecule is Cc1occc1-c1nnc(SCC(=O)N2CCC[C@H](C)C2)n1C[C@@H]1CCCO1. The van der Waals surface area contributed by atoms with E-state index in [1.807, 2.05) is 17.9 Å². The number of thioether (sulfide) groups is 1. The van der Waals surface area contributed by atoms with Crippen LogP contribution >= 0.6 is 11.8 Å². The summed E-state index contributed by atoms with van der Waals surface area (Å²) in [4.78, 5) is 14.7. The molecular formula is C20H28N4O3S. The zero-order chi connectivity index (χ0) is 19.5. The number of ether oxygens (including phenoxy) is 1. The Balaban J connectivity index is 1.50. The van der Waals surface area contributed by atoms with Crippen molar-refractivity contribution in [3.05, 3.63) is 18.1 Å². The molecule has 0 aliphatic carbocycles. The maximum absolute atomic E-state index is 12.7. The molecule has 4 heterocycles. The van der Waals surface area contributed by atoms with E-state index < -0.39 is 0 Å². The molecule has 2 fully saturated rings. The first-order valence-electron chi connectivity index (χ1n) is 10.1. The van der Waals surface area contributed by atoms with E-state index >= 15 is 0 Å². The van der Waals surface area contributed by atoms with Crippen molar-refractivity contribution in [2.24, 2.45) is 5.92 Å². The van der Waals surface area contributed by atoms with E-state index in [0.717, 1.165) is 61.3 Å². The first kappa shape index (κ1) is 19.5. The fourth-order valence-electron chi connectivity index (χ4n) is 4.00. The summed E-state index contributed by atoms with van der Waals surface area (Å²) in [5, 5.41) is 9.58. The maximum Gasteiger partial charge on any atom is 0.233 e. The fraction of sp³-hybridized carbons (Fsp3) is 0.650. The van der Waals surface area contributed by atoms with Crippen LogP contribution in [-0.2, 0) is 16.1 Å². The van der Waals surface area contributed by atoms with Crippen molar-refractivity contribution in [1.82, 2.24) is 19.7 Å². The second kappa shape index (κ2) is 8.69. The monoisotopic (exact) mass is 404 g/mol. The highest BCUT2D eigenvalue weighted by Crippen LogP contribution is 2.29. The van der Waals surface area contributed by atoms with Crippen LogP contribution in [-0.4, -0.2) is 57.1 Å². The number of amides is 1. The minimum Gasteiger partial charge on any atom is -0.469 e. The van der Waals surface area contributed by atoms with Gasteiger partial charge in [0.2, 0.25) is 5.91 Å². The molecule has 2 aromatic heterocycles. The topological polar surface area (TPSA) is 73.4 Å². The third-order valence-electron chi connectivity index (χ3n) is 5.56. The highest BCUT2D eigenvalue weighted by atomic mass is 32.2. The molecule has 8 heteroatoms. The van der Waals surface area contributed by atoms with Gasteiger partial charge in [0, 0.05) is 19.7 Å². The molecule has 2 aliphatic heterocycles. The molecule has 0 radical (unpaired) electrons. The first-order chi connectivity index (χ1) is 13.6. The van der Waals surface area contributed by atoms with Crippen LogP contribution in [0.4, 0.5) is 0 Å². The summed E-state index contributed by atoms with van der Waals surface area (Å²) in [5.74, 6) is 2.76. The van der Waals surface area contributed by atoms with Crippen LogP contribution in [0.1, 0.15) is 38.4 Å². The van der Waals surface area contributed by atoms with Crippen molar-refractivity contribution < 1.29 is 13.9 Å². The smallest absolute Gasteiger partial charge is 0.233 e. The van der Waals surface area contributed by atoms with Crippen LogP contribution < -0.4 is 0 Å². The second-order valence-electron chi connectivity index (χ2n) is 7.82. The number of piperidine rings is 1. The molecule has 2 saturated heterocycles. The summed E-state index contributed by atoms with van der Waals surface area (Å²) in [6.45, 7) is 7.37. The van der Waals surface area contributed by atoms with E-state index in [9.17, 15) is 4.79 Å². The first-order valence-corrected chi connectivity index (χ1v) is 11.1. The minimum atomic E-state index is 0.167. The van der Waals surface area contributed by atoms with E-state index in [0.29, 0.717) is 18.2 Å². The summed E-state index contributed by atoms with van der Waals surface area (Å²) in [7, 11) is 0. The number of furan rings is 1. The molecule has 4 rings (SSSR count). The van der Waals surface area contributed by atoms with E-state index in [-0.39, 0.29) is 12.0 Å². The van der Waals surface area contributed by atoms with Crippen molar-refractivity contribution >= 4 is 17.7 Å². The molecule has 152 valence electrons. The molecule has 0 saturated carbocycles. The Morgan fingerprint density at radius 2 is 2.21 bits per heavy atom. The molecular weight excluding hydrogens is 376 g/mol. The average molecular weight is 405 g/mol. The summed E-state index contributed by atoms with van der Waals surface area (Å²) in [6.07, 6.45) is 6.26. The molecule has 0 spiro atoms. The van der Waals surface area contributed by atoms with Gasteiger partial charge in [-0.05, 0) is 44.6 Å². The van der Waals surface area contributed by atoms with Gasteiger partial charge in [0.1, 0.15) is 5.76 Å². The van der Waals surface area contributed by atoms with Crippen molar-refractivity contribution in [2.75, 3.05) is 25.4 Å². The molecule has 0 aromatic carbocycles. The molecule has 0 bridgehead atoms. The Bertz CT molecular complexity index is 812. The van der Waals surface area contributed by atoms with E-state index in [4.69, 9.17) is 9.15 Å². The lowest BCUT2D eigenvalue weighted by molar-refractivity contribution is -0.130. The Labute approximate surface area is 169 Å². The zero-order valence-corrected chi connectivity index (χ0v) is 17.4.